The van der Waals surface area contributed by atoms with Crippen molar-refractivity contribution in [2.24, 2.45) is 0 Å². The molecule has 2 fully saturated rings. The normalized spacial score (nSPS) is 16.9. The van der Waals surface area contributed by atoms with Gasteiger partial charge < -0.3 is 15.2 Å². The van der Waals surface area contributed by atoms with Crippen LogP contribution in [-0.2, 0) is 13.0 Å². The topological polar surface area (TPSA) is 94.2 Å². The molecule has 178 valence electrons. The van der Waals surface area contributed by atoms with Crippen LogP contribution in [0, 0.1) is 0 Å². The number of amides is 1. The van der Waals surface area contributed by atoms with Crippen LogP contribution >= 0.6 is 0 Å². The van der Waals surface area contributed by atoms with Crippen molar-refractivity contribution >= 4 is 22.6 Å². The van der Waals surface area contributed by atoms with Gasteiger partial charge in [0.2, 0.25) is 6.43 Å². The first-order valence-corrected chi connectivity index (χ1v) is 11.5. The van der Waals surface area contributed by atoms with Crippen molar-refractivity contribution in [1.82, 2.24) is 25.2 Å². The monoisotopic (exact) mass is 468 g/mol. The highest BCUT2D eigenvalue weighted by molar-refractivity contribution is 5.92. The minimum Gasteiger partial charge on any atom is -0.368 e. The summed E-state index contributed by atoms with van der Waals surface area (Å²) >= 11 is 0. The third-order valence-corrected chi connectivity index (χ3v) is 6.21. The average Bonchev–Trinajstić information content (AvgIpc) is 3.64. The van der Waals surface area contributed by atoms with Crippen molar-refractivity contribution in [2.75, 3.05) is 31.1 Å². The fourth-order valence-electron chi connectivity index (χ4n) is 4.17. The van der Waals surface area contributed by atoms with Gasteiger partial charge in [-0.25, -0.2) is 18.7 Å². The van der Waals surface area contributed by atoms with Gasteiger partial charge >= 0.3 is 0 Å². The maximum absolute atomic E-state index is 12.6. The second-order valence-corrected chi connectivity index (χ2v) is 8.87. The molecule has 10 heteroatoms. The number of aromatic nitrogens is 3. The predicted molar refractivity (Wildman–Crippen MR) is 124 cm³/mol. The van der Waals surface area contributed by atoms with Crippen molar-refractivity contribution in [3.8, 4) is 0 Å². The minimum atomic E-state index is -2.61. The summed E-state index contributed by atoms with van der Waals surface area (Å²) in [5.74, 6) is -0.115. The molecule has 0 bridgehead atoms. The zero-order chi connectivity index (χ0) is 23.7. The average molecular weight is 469 g/mol. The lowest BCUT2D eigenvalue weighted by Crippen LogP contribution is -2.46. The second kappa shape index (κ2) is 9.46. The lowest BCUT2D eigenvalue weighted by molar-refractivity contribution is 0.0946. The van der Waals surface area contributed by atoms with E-state index in [2.05, 4.69) is 30.1 Å². The number of pyridine rings is 1. The SMILES string of the molecule is O=C(NC1CC1)c1ccc(N2CCN(Cc3ccc4nc(CC(F)F)c(=O)[nH]c4c3)CC2)cn1. The number of nitrogens with one attached hydrogen (secondary N) is 2. The Hall–Kier alpha value is -3.40. The van der Waals surface area contributed by atoms with E-state index in [0.29, 0.717) is 29.3 Å². The number of aromatic amines is 1. The highest BCUT2D eigenvalue weighted by Crippen LogP contribution is 2.21. The number of alkyl halides is 2. The van der Waals surface area contributed by atoms with E-state index in [4.69, 9.17) is 0 Å². The van der Waals surface area contributed by atoms with Gasteiger partial charge in [-0.3, -0.25) is 14.5 Å². The first-order chi connectivity index (χ1) is 16.4. The Labute approximate surface area is 195 Å². The Bertz CT molecular complexity index is 1230. The number of H-pyrrole nitrogens is 1. The van der Waals surface area contributed by atoms with E-state index in [-0.39, 0.29) is 11.6 Å². The Morgan fingerprint density at radius 2 is 1.94 bits per heavy atom. The molecule has 0 spiro atoms. The summed E-state index contributed by atoms with van der Waals surface area (Å²) < 4.78 is 25.3. The number of piperazine rings is 1. The highest BCUT2D eigenvalue weighted by Gasteiger charge is 2.24. The van der Waals surface area contributed by atoms with Crippen molar-refractivity contribution < 1.29 is 13.6 Å². The lowest BCUT2D eigenvalue weighted by atomic mass is 10.1. The smallest absolute Gasteiger partial charge is 0.270 e. The van der Waals surface area contributed by atoms with Crippen molar-refractivity contribution in [3.05, 3.63) is 63.8 Å². The standard InChI is InChI=1S/C24H26F2N6O2/c25-22(26)12-21-24(34)30-20-11-15(1-5-18(20)29-21)14-31-7-9-32(10-8-31)17-4-6-19(27-13-17)23(33)28-16-2-3-16/h1,4-6,11,13,16,22H,2-3,7-10,12,14H2,(H,28,33)(H,30,34). The summed E-state index contributed by atoms with van der Waals surface area (Å²) in [7, 11) is 0. The van der Waals surface area contributed by atoms with Gasteiger partial charge in [0.15, 0.2) is 0 Å². The number of benzene rings is 1. The molecule has 8 nitrogen and oxygen atoms in total. The third kappa shape index (κ3) is 5.22. The molecule has 1 saturated heterocycles. The maximum Gasteiger partial charge on any atom is 0.270 e. The van der Waals surface area contributed by atoms with Gasteiger partial charge in [-0.2, -0.15) is 0 Å². The summed E-state index contributed by atoms with van der Waals surface area (Å²) in [4.78, 5) is 39.9. The molecule has 5 rings (SSSR count). The van der Waals surface area contributed by atoms with Crippen molar-refractivity contribution in [2.45, 2.75) is 38.3 Å². The molecular formula is C24H26F2N6O2. The molecule has 0 unspecified atom stereocenters. The molecular weight excluding hydrogens is 442 g/mol. The number of nitrogens with zero attached hydrogens (tertiary/aromatic N) is 4. The predicted octanol–water partition coefficient (Wildman–Crippen LogP) is 2.34. The molecule has 1 amide bonds. The Morgan fingerprint density at radius 1 is 1.15 bits per heavy atom. The summed E-state index contributed by atoms with van der Waals surface area (Å²) in [5.41, 5.74) is 2.81. The van der Waals surface area contributed by atoms with Crippen LogP contribution in [0.5, 0.6) is 0 Å². The van der Waals surface area contributed by atoms with E-state index in [9.17, 15) is 18.4 Å². The summed E-state index contributed by atoms with van der Waals surface area (Å²) in [5, 5.41) is 2.95. The van der Waals surface area contributed by atoms with Gasteiger partial charge in [-0.1, -0.05) is 6.07 Å². The van der Waals surface area contributed by atoms with E-state index in [1.54, 1.807) is 18.3 Å². The molecule has 0 atom stereocenters. The quantitative estimate of drug-likeness (QED) is 0.553. The number of hydrogen-bond acceptors (Lipinski definition) is 6. The zero-order valence-corrected chi connectivity index (χ0v) is 18.6. The van der Waals surface area contributed by atoms with Crippen LogP contribution < -0.4 is 15.8 Å². The molecule has 2 N–H and O–H groups in total. The summed E-state index contributed by atoms with van der Waals surface area (Å²) in [6, 6.07) is 9.57. The van der Waals surface area contributed by atoms with E-state index >= 15 is 0 Å². The number of hydrogen-bond donors (Lipinski definition) is 2. The van der Waals surface area contributed by atoms with Crippen LogP contribution in [0.15, 0.2) is 41.3 Å². The Kier molecular flexibility index (Phi) is 6.23. The summed E-state index contributed by atoms with van der Waals surface area (Å²) in [6.45, 7) is 4.08. The number of carbonyl (C=O) groups is 1. The second-order valence-electron chi connectivity index (χ2n) is 8.87. The van der Waals surface area contributed by atoms with Gasteiger partial charge in [0.05, 0.1) is 29.3 Å². The molecule has 3 heterocycles. The van der Waals surface area contributed by atoms with E-state index in [0.717, 1.165) is 50.3 Å². The minimum absolute atomic E-state index is 0.115. The van der Waals surface area contributed by atoms with Crippen LogP contribution in [0.25, 0.3) is 11.0 Å². The zero-order valence-electron chi connectivity index (χ0n) is 18.6. The van der Waals surface area contributed by atoms with Crippen molar-refractivity contribution in [1.29, 1.82) is 0 Å². The molecule has 0 radical (unpaired) electrons. The molecule has 1 saturated carbocycles. The van der Waals surface area contributed by atoms with Gasteiger partial charge in [-0.15, -0.1) is 0 Å². The maximum atomic E-state index is 12.6. The van der Waals surface area contributed by atoms with Crippen LogP contribution in [0.4, 0.5) is 14.5 Å². The highest BCUT2D eigenvalue weighted by atomic mass is 19.3. The lowest BCUT2D eigenvalue weighted by Gasteiger charge is -2.36. The third-order valence-electron chi connectivity index (χ3n) is 6.21. The van der Waals surface area contributed by atoms with Gasteiger partial charge in [0.25, 0.3) is 11.5 Å². The fourth-order valence-corrected chi connectivity index (χ4v) is 4.17. The number of rotatable bonds is 7. The molecule has 3 aromatic rings. The molecule has 2 aromatic heterocycles. The number of halogens is 2. The van der Waals surface area contributed by atoms with E-state index in [1.165, 1.54) is 0 Å². The van der Waals surface area contributed by atoms with Crippen molar-refractivity contribution in [3.63, 3.8) is 0 Å². The van der Waals surface area contributed by atoms with Gasteiger partial charge in [0, 0.05) is 38.8 Å². The Balaban J connectivity index is 1.18. The van der Waals surface area contributed by atoms with E-state index in [1.807, 2.05) is 18.2 Å². The first kappa shape index (κ1) is 22.4. The largest absolute Gasteiger partial charge is 0.368 e. The first-order valence-electron chi connectivity index (χ1n) is 11.5. The molecule has 1 aromatic carbocycles. The number of carbonyl (C=O) groups excluding carboxylic acids is 1. The fraction of sp³-hybridized carbons (Fsp3) is 0.417. The molecule has 34 heavy (non-hydrogen) atoms. The van der Waals surface area contributed by atoms with E-state index < -0.39 is 18.4 Å². The summed E-state index contributed by atoms with van der Waals surface area (Å²) in [6.07, 6.45) is 0.592. The van der Waals surface area contributed by atoms with Crippen LogP contribution in [0.3, 0.4) is 0 Å². The molecule has 2 aliphatic rings. The van der Waals surface area contributed by atoms with Gasteiger partial charge in [0.1, 0.15) is 11.4 Å². The van der Waals surface area contributed by atoms with Crippen LogP contribution in [-0.4, -0.2) is 64.4 Å². The number of anilines is 1. The molecule has 1 aliphatic heterocycles. The van der Waals surface area contributed by atoms with Crippen LogP contribution in [0.2, 0.25) is 0 Å². The van der Waals surface area contributed by atoms with Gasteiger partial charge in [-0.05, 0) is 42.7 Å². The number of fused-ring (bicyclic) bond motifs is 1. The molecule has 1 aliphatic carbocycles. The Morgan fingerprint density at radius 3 is 2.62 bits per heavy atom. The van der Waals surface area contributed by atoms with Crippen LogP contribution in [0.1, 0.15) is 34.6 Å².